The van der Waals surface area contributed by atoms with Gasteiger partial charge in [0.15, 0.2) is 11.6 Å². The van der Waals surface area contributed by atoms with Crippen LogP contribution in [0.2, 0.25) is 0 Å². The Balaban J connectivity index is 0.00000370. The summed E-state index contributed by atoms with van der Waals surface area (Å²) in [5.41, 5.74) is 1.99. The molecule has 3 aliphatic rings. The lowest BCUT2D eigenvalue weighted by Gasteiger charge is -2.35. The lowest BCUT2D eigenvalue weighted by Crippen LogP contribution is -2.47. The minimum atomic E-state index is -1.04. The van der Waals surface area contributed by atoms with Gasteiger partial charge in [0.1, 0.15) is 12.6 Å². The van der Waals surface area contributed by atoms with Crippen LogP contribution in [-0.2, 0) is 9.47 Å². The van der Waals surface area contributed by atoms with Crippen LogP contribution in [0.15, 0.2) is 42.5 Å². The Hall–Kier alpha value is -3.24. The number of benzene rings is 2. The predicted molar refractivity (Wildman–Crippen MR) is 145 cm³/mol. The zero-order valence-electron chi connectivity index (χ0n) is 22.3. The van der Waals surface area contributed by atoms with Crippen LogP contribution in [0.1, 0.15) is 72.5 Å². The molecule has 0 bridgehead atoms. The fourth-order valence-corrected chi connectivity index (χ4v) is 6.09. The highest BCUT2D eigenvalue weighted by Crippen LogP contribution is 2.37. The molecule has 0 radical (unpaired) electrons. The molecule has 0 aromatic heterocycles. The van der Waals surface area contributed by atoms with Crippen LogP contribution >= 0.6 is 12.4 Å². The summed E-state index contributed by atoms with van der Waals surface area (Å²) in [4.78, 5) is 41.1. The monoisotopic (exact) mass is 577 g/mol. The number of cyclic esters (lactones) is 1. The molecule has 1 saturated carbocycles. The van der Waals surface area contributed by atoms with E-state index >= 15 is 0 Å². The Morgan fingerprint density at radius 2 is 1.80 bits per heavy atom. The van der Waals surface area contributed by atoms with Gasteiger partial charge in [0.25, 0.3) is 0 Å². The van der Waals surface area contributed by atoms with Crippen LogP contribution in [0.5, 0.6) is 0 Å². The number of halogens is 3. The first-order chi connectivity index (χ1) is 18.9. The molecule has 2 heterocycles. The van der Waals surface area contributed by atoms with Gasteiger partial charge < -0.3 is 14.8 Å². The molecule has 8 nitrogen and oxygen atoms in total. The molecular formula is C29H34ClF2N3O5. The summed E-state index contributed by atoms with van der Waals surface area (Å²) >= 11 is 0. The van der Waals surface area contributed by atoms with Gasteiger partial charge in [0, 0.05) is 25.2 Å². The number of carbonyl (C=O) groups is 3. The topological polar surface area (TPSA) is 88.2 Å². The molecule has 2 aromatic carbocycles. The van der Waals surface area contributed by atoms with E-state index in [0.717, 1.165) is 61.2 Å². The molecule has 40 heavy (non-hydrogen) atoms. The second-order valence-corrected chi connectivity index (χ2v) is 10.4. The van der Waals surface area contributed by atoms with Crippen LogP contribution in [0.4, 0.5) is 18.4 Å². The van der Waals surface area contributed by atoms with Gasteiger partial charge in [-0.05, 0) is 74.3 Å². The lowest BCUT2D eigenvalue weighted by molar-refractivity contribution is 0.0523. The smallest absolute Gasteiger partial charge is 0.418 e. The molecule has 0 spiro atoms. The number of esters is 1. The minimum Gasteiger partial charge on any atom is -0.462 e. The second kappa shape index (κ2) is 13.0. The zero-order chi connectivity index (χ0) is 27.5. The molecule has 2 atom stereocenters. The quantitative estimate of drug-likeness (QED) is 0.452. The molecule has 3 amide bonds. The van der Waals surface area contributed by atoms with Gasteiger partial charge >= 0.3 is 18.1 Å². The minimum absolute atomic E-state index is 0. The third-order valence-corrected chi connectivity index (χ3v) is 8.08. The van der Waals surface area contributed by atoms with Gasteiger partial charge in [-0.2, -0.15) is 0 Å². The molecule has 2 aliphatic heterocycles. The van der Waals surface area contributed by atoms with E-state index < -0.39 is 29.8 Å². The Labute approximate surface area is 238 Å². The number of amides is 3. The molecule has 3 fully saturated rings. The molecule has 11 heteroatoms. The Bertz CT molecular complexity index is 1240. The zero-order valence-corrected chi connectivity index (χ0v) is 23.1. The van der Waals surface area contributed by atoms with E-state index in [-0.39, 0.29) is 31.0 Å². The van der Waals surface area contributed by atoms with Crippen molar-refractivity contribution in [2.75, 3.05) is 26.3 Å². The van der Waals surface area contributed by atoms with Crippen molar-refractivity contribution in [3.8, 4) is 0 Å². The number of nitrogens with one attached hydrogen (secondary N) is 1. The summed E-state index contributed by atoms with van der Waals surface area (Å²) in [5, 5.41) is 2.94. The van der Waals surface area contributed by atoms with E-state index in [4.69, 9.17) is 9.47 Å². The van der Waals surface area contributed by atoms with Crippen molar-refractivity contribution < 1.29 is 32.6 Å². The largest absolute Gasteiger partial charge is 0.462 e. The molecule has 2 saturated heterocycles. The normalized spacial score (nSPS) is 24.8. The lowest BCUT2D eigenvalue weighted by atomic mass is 9.79. The number of ether oxygens (including phenoxy) is 2. The highest BCUT2D eigenvalue weighted by Gasteiger charge is 2.41. The van der Waals surface area contributed by atoms with Crippen molar-refractivity contribution >= 4 is 30.5 Å². The fourth-order valence-electron chi connectivity index (χ4n) is 6.09. The van der Waals surface area contributed by atoms with Crippen molar-refractivity contribution in [1.82, 2.24) is 15.1 Å². The van der Waals surface area contributed by atoms with E-state index in [1.54, 1.807) is 6.92 Å². The van der Waals surface area contributed by atoms with Crippen LogP contribution in [0, 0.1) is 11.6 Å². The first-order valence-electron chi connectivity index (χ1n) is 13.6. The first kappa shape index (κ1) is 29.7. The molecule has 1 aliphatic carbocycles. The standard InChI is InChI=1S/C29H33F2N3O5.ClH/c1-2-38-27(35)23-6-4-3-5-22(23)18-7-10-21(11-8-18)33-14-13-20(16-33)32-28(36)34-26(17-39-29(34)37)19-9-12-24(30)25(31)15-19;/h3-6,9,12,15,18,20-21,26H,2,7-8,10-11,13-14,16-17H2,1H3,(H,32,36);1H/t18?,20-,21?,26-;/m1./s1. The molecule has 216 valence electrons. The van der Waals surface area contributed by atoms with Gasteiger partial charge in [0.05, 0.1) is 12.2 Å². The van der Waals surface area contributed by atoms with E-state index in [0.29, 0.717) is 36.2 Å². The fraction of sp³-hybridized carbons (Fsp3) is 0.483. The van der Waals surface area contributed by atoms with Gasteiger partial charge in [-0.3, -0.25) is 4.90 Å². The summed E-state index contributed by atoms with van der Waals surface area (Å²) < 4.78 is 37.4. The van der Waals surface area contributed by atoms with Gasteiger partial charge in [-0.25, -0.2) is 28.1 Å². The summed E-state index contributed by atoms with van der Waals surface area (Å²) in [6.45, 7) is 3.53. The number of carbonyl (C=O) groups excluding carboxylic acids is 3. The molecule has 1 N–H and O–H groups in total. The highest BCUT2D eigenvalue weighted by atomic mass is 35.5. The van der Waals surface area contributed by atoms with Crippen molar-refractivity contribution in [2.45, 2.75) is 63.1 Å². The Kier molecular flexibility index (Phi) is 9.63. The van der Waals surface area contributed by atoms with E-state index in [9.17, 15) is 23.2 Å². The number of hydrogen-bond acceptors (Lipinski definition) is 6. The maximum atomic E-state index is 13.8. The summed E-state index contributed by atoms with van der Waals surface area (Å²) in [7, 11) is 0. The van der Waals surface area contributed by atoms with Gasteiger partial charge in [-0.1, -0.05) is 24.3 Å². The number of rotatable bonds is 6. The average Bonchev–Trinajstić information content (AvgIpc) is 3.57. The van der Waals surface area contributed by atoms with E-state index in [1.165, 1.54) is 6.07 Å². The molecule has 5 rings (SSSR count). The third-order valence-electron chi connectivity index (χ3n) is 8.08. The number of nitrogens with zero attached hydrogens (tertiary/aromatic N) is 2. The molecule has 0 unspecified atom stereocenters. The summed E-state index contributed by atoms with van der Waals surface area (Å²) in [6, 6.07) is 9.82. The van der Waals surface area contributed by atoms with Crippen LogP contribution in [0.25, 0.3) is 0 Å². The number of imide groups is 1. The van der Waals surface area contributed by atoms with E-state index in [2.05, 4.69) is 10.2 Å². The van der Waals surface area contributed by atoms with E-state index in [1.807, 2.05) is 24.3 Å². The van der Waals surface area contributed by atoms with Crippen molar-refractivity contribution in [3.05, 3.63) is 70.8 Å². The maximum absolute atomic E-state index is 13.8. The maximum Gasteiger partial charge on any atom is 0.418 e. The summed E-state index contributed by atoms with van der Waals surface area (Å²) in [5.74, 6) is -2.02. The molecule has 2 aromatic rings. The second-order valence-electron chi connectivity index (χ2n) is 10.4. The number of likely N-dealkylation sites (tertiary alicyclic amines) is 1. The molecular weight excluding hydrogens is 544 g/mol. The SMILES string of the molecule is CCOC(=O)c1ccccc1C1CCC(N2CC[C@@H](NC(=O)N3C(=O)OC[C@@H]3c3ccc(F)c(F)c3)C2)CC1.Cl. The van der Waals surface area contributed by atoms with Gasteiger partial charge in [-0.15, -0.1) is 12.4 Å². The van der Waals surface area contributed by atoms with Crippen molar-refractivity contribution in [2.24, 2.45) is 0 Å². The predicted octanol–water partition coefficient (Wildman–Crippen LogP) is 5.57. The van der Waals surface area contributed by atoms with Crippen LogP contribution in [-0.4, -0.2) is 66.3 Å². The van der Waals surface area contributed by atoms with Crippen LogP contribution < -0.4 is 5.32 Å². The van der Waals surface area contributed by atoms with Gasteiger partial charge in [0.2, 0.25) is 0 Å². The summed E-state index contributed by atoms with van der Waals surface area (Å²) in [6.07, 6.45) is 3.83. The number of hydrogen-bond donors (Lipinski definition) is 1. The third kappa shape index (κ3) is 6.23. The Morgan fingerprint density at radius 1 is 1.05 bits per heavy atom. The van der Waals surface area contributed by atoms with Crippen molar-refractivity contribution in [1.29, 1.82) is 0 Å². The average molecular weight is 578 g/mol. The highest BCUT2D eigenvalue weighted by molar-refractivity contribution is 5.93. The van der Waals surface area contributed by atoms with Crippen molar-refractivity contribution in [3.63, 3.8) is 0 Å². The van der Waals surface area contributed by atoms with Crippen LogP contribution in [0.3, 0.4) is 0 Å². The first-order valence-corrected chi connectivity index (χ1v) is 13.6. The number of urea groups is 1. The Morgan fingerprint density at radius 3 is 2.52 bits per heavy atom.